The predicted octanol–water partition coefficient (Wildman–Crippen LogP) is 6.69. The standard InChI is InChI=1S/C26H20ClNO3S/c1-2-31-26(30)21-22(17-9-5-3-6-10-17)28-23(18-11-7-4-8-12-18)25(24(21)29)32-20-15-13-19(27)14-16-20/h3-16H,2H2,1H3,(H,28,29). The number of rotatable bonds is 6. The zero-order valence-corrected chi connectivity index (χ0v) is 18.9. The molecule has 6 heteroatoms. The Kier molecular flexibility index (Phi) is 6.78. The van der Waals surface area contributed by atoms with Gasteiger partial charge in [-0.05, 0) is 42.3 Å². The first-order chi connectivity index (χ1) is 15.6. The number of esters is 1. The van der Waals surface area contributed by atoms with Gasteiger partial charge in [0.05, 0.1) is 22.9 Å². The molecule has 160 valence electrons. The fourth-order valence-corrected chi connectivity index (χ4v) is 4.43. The third kappa shape index (κ3) is 4.64. The molecule has 0 radical (unpaired) electrons. The van der Waals surface area contributed by atoms with Crippen LogP contribution in [-0.2, 0) is 4.74 Å². The van der Waals surface area contributed by atoms with E-state index in [-0.39, 0.29) is 17.6 Å². The maximum Gasteiger partial charge on any atom is 0.344 e. The molecule has 4 nitrogen and oxygen atoms in total. The monoisotopic (exact) mass is 461 g/mol. The minimum atomic E-state index is -0.648. The highest BCUT2D eigenvalue weighted by Gasteiger charge is 2.25. The molecule has 0 amide bonds. The summed E-state index contributed by atoms with van der Waals surface area (Å²) in [4.78, 5) is 31.3. The molecule has 0 atom stereocenters. The summed E-state index contributed by atoms with van der Waals surface area (Å²) in [6.07, 6.45) is 0. The first-order valence-electron chi connectivity index (χ1n) is 10.1. The molecule has 32 heavy (non-hydrogen) atoms. The number of carbonyl (C=O) groups excluding carboxylic acids is 1. The van der Waals surface area contributed by atoms with Crippen LogP contribution in [0.25, 0.3) is 22.5 Å². The highest BCUT2D eigenvalue weighted by Crippen LogP contribution is 2.36. The summed E-state index contributed by atoms with van der Waals surface area (Å²) in [5.74, 6) is -0.648. The van der Waals surface area contributed by atoms with Gasteiger partial charge in [0, 0.05) is 9.92 Å². The summed E-state index contributed by atoms with van der Waals surface area (Å²) in [5, 5.41) is 0.609. The molecule has 0 bridgehead atoms. The van der Waals surface area contributed by atoms with E-state index in [4.69, 9.17) is 16.3 Å². The van der Waals surface area contributed by atoms with Crippen molar-refractivity contribution in [3.05, 3.63) is 106 Å². The van der Waals surface area contributed by atoms with Gasteiger partial charge in [0.25, 0.3) is 0 Å². The average molecular weight is 462 g/mol. The third-order valence-corrected chi connectivity index (χ3v) is 6.15. The molecule has 0 unspecified atom stereocenters. The van der Waals surface area contributed by atoms with Crippen molar-refractivity contribution in [2.75, 3.05) is 6.61 Å². The number of H-pyrrole nitrogens is 1. The van der Waals surface area contributed by atoms with Crippen molar-refractivity contribution >= 4 is 29.3 Å². The van der Waals surface area contributed by atoms with Gasteiger partial charge in [0.1, 0.15) is 5.56 Å². The number of ether oxygens (including phenoxy) is 1. The highest BCUT2D eigenvalue weighted by molar-refractivity contribution is 7.99. The fourth-order valence-electron chi connectivity index (χ4n) is 3.33. The van der Waals surface area contributed by atoms with Crippen molar-refractivity contribution in [2.24, 2.45) is 0 Å². The zero-order valence-electron chi connectivity index (χ0n) is 17.3. The van der Waals surface area contributed by atoms with Crippen LogP contribution in [0, 0.1) is 0 Å². The van der Waals surface area contributed by atoms with E-state index in [9.17, 15) is 9.59 Å². The molecular formula is C26H20ClNO3S. The maximum absolute atomic E-state index is 13.8. The summed E-state index contributed by atoms with van der Waals surface area (Å²) < 4.78 is 5.25. The smallest absolute Gasteiger partial charge is 0.344 e. The topological polar surface area (TPSA) is 59.2 Å². The number of aromatic amines is 1. The minimum Gasteiger partial charge on any atom is -0.462 e. The van der Waals surface area contributed by atoms with Crippen LogP contribution in [0.4, 0.5) is 0 Å². The number of pyridine rings is 1. The Morgan fingerprint density at radius 1 is 0.875 bits per heavy atom. The van der Waals surface area contributed by atoms with E-state index < -0.39 is 5.97 Å². The van der Waals surface area contributed by atoms with E-state index >= 15 is 0 Å². The second-order valence-corrected chi connectivity index (χ2v) is 8.44. The lowest BCUT2D eigenvalue weighted by Crippen LogP contribution is -2.22. The molecule has 0 aliphatic heterocycles. The van der Waals surface area contributed by atoms with Gasteiger partial charge in [-0.25, -0.2) is 4.79 Å². The van der Waals surface area contributed by atoms with Gasteiger partial charge >= 0.3 is 5.97 Å². The molecule has 1 N–H and O–H groups in total. The fraction of sp³-hybridized carbons (Fsp3) is 0.0769. The highest BCUT2D eigenvalue weighted by atomic mass is 35.5. The summed E-state index contributed by atoms with van der Waals surface area (Å²) in [5.41, 5.74) is 2.27. The van der Waals surface area contributed by atoms with Gasteiger partial charge in [-0.1, -0.05) is 84.0 Å². The van der Waals surface area contributed by atoms with E-state index in [1.807, 2.05) is 72.8 Å². The quantitative estimate of drug-likeness (QED) is 0.325. The molecule has 4 aromatic rings. The van der Waals surface area contributed by atoms with Crippen LogP contribution in [-0.4, -0.2) is 17.6 Å². The van der Waals surface area contributed by atoms with Crippen molar-refractivity contribution in [1.29, 1.82) is 0 Å². The number of halogens is 1. The number of benzene rings is 3. The lowest BCUT2D eigenvalue weighted by atomic mass is 10.0. The normalized spacial score (nSPS) is 10.7. The van der Waals surface area contributed by atoms with Crippen LogP contribution in [0.3, 0.4) is 0 Å². The van der Waals surface area contributed by atoms with Crippen molar-refractivity contribution in [2.45, 2.75) is 16.7 Å². The second kappa shape index (κ2) is 9.90. The molecule has 0 spiro atoms. The SMILES string of the molecule is CCOC(=O)c1c(-c2ccccc2)[nH]c(-c2ccccc2)c(Sc2ccc(Cl)cc2)c1=O. The van der Waals surface area contributed by atoms with Crippen LogP contribution in [0.2, 0.25) is 5.02 Å². The van der Waals surface area contributed by atoms with E-state index in [1.54, 1.807) is 19.1 Å². The number of carbonyl (C=O) groups is 1. The van der Waals surface area contributed by atoms with Crippen molar-refractivity contribution in [1.82, 2.24) is 4.98 Å². The Hall–Kier alpha value is -3.28. The van der Waals surface area contributed by atoms with E-state index in [0.717, 1.165) is 16.0 Å². The van der Waals surface area contributed by atoms with Crippen molar-refractivity contribution < 1.29 is 9.53 Å². The Bertz CT molecular complexity index is 1290. The van der Waals surface area contributed by atoms with Gasteiger partial charge in [-0.2, -0.15) is 0 Å². The number of aromatic nitrogens is 1. The predicted molar refractivity (Wildman–Crippen MR) is 129 cm³/mol. The molecule has 0 saturated heterocycles. The maximum atomic E-state index is 13.8. The van der Waals surface area contributed by atoms with Crippen molar-refractivity contribution in [3.8, 4) is 22.5 Å². The lowest BCUT2D eigenvalue weighted by Gasteiger charge is -2.16. The Labute approximate surface area is 195 Å². The average Bonchev–Trinajstić information content (AvgIpc) is 2.82. The van der Waals surface area contributed by atoms with Crippen LogP contribution < -0.4 is 5.43 Å². The van der Waals surface area contributed by atoms with Crippen LogP contribution >= 0.6 is 23.4 Å². The molecule has 3 aromatic carbocycles. The number of hydrogen-bond donors (Lipinski definition) is 1. The molecule has 0 aliphatic rings. The van der Waals surface area contributed by atoms with Gasteiger partial charge in [0.15, 0.2) is 0 Å². The van der Waals surface area contributed by atoms with Crippen LogP contribution in [0.15, 0.2) is 99.5 Å². The van der Waals surface area contributed by atoms with Gasteiger partial charge < -0.3 is 9.72 Å². The zero-order chi connectivity index (χ0) is 22.5. The molecule has 0 fully saturated rings. The lowest BCUT2D eigenvalue weighted by molar-refractivity contribution is 0.0525. The Morgan fingerprint density at radius 3 is 2.00 bits per heavy atom. The summed E-state index contributed by atoms with van der Waals surface area (Å²) >= 11 is 7.31. The molecule has 4 rings (SSSR count). The number of nitrogens with one attached hydrogen (secondary N) is 1. The first-order valence-corrected chi connectivity index (χ1v) is 11.3. The van der Waals surface area contributed by atoms with Gasteiger partial charge in [-0.3, -0.25) is 4.79 Å². The third-order valence-electron chi connectivity index (χ3n) is 4.80. The van der Waals surface area contributed by atoms with Crippen LogP contribution in [0.5, 0.6) is 0 Å². The van der Waals surface area contributed by atoms with Gasteiger partial charge in [-0.15, -0.1) is 0 Å². The molecule has 1 aromatic heterocycles. The molecule has 1 heterocycles. The summed E-state index contributed by atoms with van der Waals surface area (Å²) in [6, 6.07) is 26.1. The summed E-state index contributed by atoms with van der Waals surface area (Å²) in [7, 11) is 0. The van der Waals surface area contributed by atoms with E-state index in [2.05, 4.69) is 4.98 Å². The summed E-state index contributed by atoms with van der Waals surface area (Å²) in [6.45, 7) is 1.89. The van der Waals surface area contributed by atoms with Gasteiger partial charge in [0.2, 0.25) is 5.43 Å². The molecule has 0 saturated carbocycles. The number of hydrogen-bond acceptors (Lipinski definition) is 4. The van der Waals surface area contributed by atoms with E-state index in [0.29, 0.717) is 21.3 Å². The second-order valence-electron chi connectivity index (χ2n) is 6.92. The Balaban J connectivity index is 2.00. The molecule has 0 aliphatic carbocycles. The minimum absolute atomic E-state index is 0.00538. The first kappa shape index (κ1) is 21.9. The molecular weight excluding hydrogens is 442 g/mol. The Morgan fingerprint density at radius 2 is 1.44 bits per heavy atom. The van der Waals surface area contributed by atoms with Crippen LogP contribution in [0.1, 0.15) is 17.3 Å². The largest absolute Gasteiger partial charge is 0.462 e. The van der Waals surface area contributed by atoms with Crippen molar-refractivity contribution in [3.63, 3.8) is 0 Å². The van der Waals surface area contributed by atoms with E-state index in [1.165, 1.54) is 11.8 Å².